The molecule has 2 unspecified atom stereocenters. The number of methoxy groups -OCH3 is 1. The molecule has 0 aromatic rings. The average molecular weight is 395 g/mol. The highest BCUT2D eigenvalue weighted by Crippen LogP contribution is 2.19. The van der Waals surface area contributed by atoms with E-state index in [1.807, 2.05) is 34.6 Å². The van der Waals surface area contributed by atoms with Crippen molar-refractivity contribution in [3.8, 4) is 6.07 Å². The van der Waals surface area contributed by atoms with E-state index in [4.69, 9.17) is 9.47 Å². The van der Waals surface area contributed by atoms with Gasteiger partial charge in [0.25, 0.3) is 0 Å². The van der Waals surface area contributed by atoms with E-state index in [1.54, 1.807) is 45.1 Å². The number of nitrogens with zero attached hydrogens (tertiary/aromatic N) is 1. The summed E-state index contributed by atoms with van der Waals surface area (Å²) in [5.74, 6) is -1.25. The maximum absolute atomic E-state index is 11.9. The number of esters is 1. The summed E-state index contributed by atoms with van der Waals surface area (Å²) >= 11 is 0. The van der Waals surface area contributed by atoms with E-state index >= 15 is 0 Å². The van der Waals surface area contributed by atoms with Crippen LogP contribution in [0.4, 0.5) is 4.79 Å². The van der Waals surface area contributed by atoms with Gasteiger partial charge in [-0.25, -0.2) is 9.59 Å². The molecule has 0 fully saturated rings. The molecule has 6 nitrogen and oxygen atoms in total. The normalized spacial score (nSPS) is 12.8. The Morgan fingerprint density at radius 1 is 1.21 bits per heavy atom. The van der Waals surface area contributed by atoms with Gasteiger partial charge < -0.3 is 14.8 Å². The average Bonchev–Trinajstić information content (AvgIpc) is 2.66. The van der Waals surface area contributed by atoms with E-state index in [9.17, 15) is 14.9 Å². The van der Waals surface area contributed by atoms with Crippen LogP contribution >= 0.6 is 0 Å². The van der Waals surface area contributed by atoms with Crippen molar-refractivity contribution >= 4 is 12.1 Å². The van der Waals surface area contributed by atoms with Crippen LogP contribution in [-0.2, 0) is 14.3 Å². The van der Waals surface area contributed by atoms with Gasteiger partial charge in [-0.1, -0.05) is 58.6 Å². The lowest BCUT2D eigenvalue weighted by molar-refractivity contribution is -0.143. The van der Waals surface area contributed by atoms with Crippen LogP contribution in [0.25, 0.3) is 0 Å². The Balaban J connectivity index is -0.00000146. The van der Waals surface area contributed by atoms with E-state index in [2.05, 4.69) is 18.0 Å². The van der Waals surface area contributed by atoms with Crippen LogP contribution in [0, 0.1) is 17.2 Å². The molecule has 2 atom stereocenters. The van der Waals surface area contributed by atoms with Gasteiger partial charge in [0.15, 0.2) is 0 Å². The van der Waals surface area contributed by atoms with Crippen LogP contribution < -0.4 is 5.32 Å². The minimum Gasteiger partial charge on any atom is -0.467 e. The van der Waals surface area contributed by atoms with Gasteiger partial charge >= 0.3 is 12.1 Å². The molecule has 0 aromatic heterocycles. The number of carbonyl (C=O) groups is 2. The molecule has 0 aromatic carbocycles. The molecule has 0 heterocycles. The number of alkyl carbamates (subject to hydrolysis) is 1. The van der Waals surface area contributed by atoms with Crippen molar-refractivity contribution in [2.45, 2.75) is 73.5 Å². The van der Waals surface area contributed by atoms with Gasteiger partial charge in [0.2, 0.25) is 0 Å². The maximum Gasteiger partial charge on any atom is 0.408 e. The third-order valence-electron chi connectivity index (χ3n) is 2.88. The Hall–Kier alpha value is -2.55. The Labute approximate surface area is 171 Å². The molecule has 0 radical (unpaired) electrons. The number of ether oxygens (including phenoxy) is 2. The van der Waals surface area contributed by atoms with Crippen LogP contribution in [0.15, 0.2) is 36.5 Å². The zero-order chi connectivity index (χ0) is 22.8. The Kier molecular flexibility index (Phi) is 19.2. The lowest BCUT2D eigenvalue weighted by Crippen LogP contribution is -2.45. The summed E-state index contributed by atoms with van der Waals surface area (Å²) in [7, 11) is 1.22. The minimum atomic E-state index is -0.993. The highest BCUT2D eigenvalue weighted by Gasteiger charge is 2.28. The number of rotatable bonds is 7. The second kappa shape index (κ2) is 17.8. The molecule has 0 saturated heterocycles. The summed E-state index contributed by atoms with van der Waals surface area (Å²) in [6.45, 7) is 18.6. The number of hydrogen-bond acceptors (Lipinski definition) is 5. The second-order valence-corrected chi connectivity index (χ2v) is 6.04. The number of carbonyl (C=O) groups excluding carboxylic acids is 2. The fourth-order valence-electron chi connectivity index (χ4n) is 1.92. The summed E-state index contributed by atoms with van der Waals surface area (Å²) < 4.78 is 9.86. The smallest absolute Gasteiger partial charge is 0.408 e. The highest BCUT2D eigenvalue weighted by molar-refractivity contribution is 5.81. The SMILES string of the molecule is C=C/C=C(\C=C/C)C(C#N)CC(NC(=O)OC(C)(C)C)C(=O)OC.CC.CC. The largest absolute Gasteiger partial charge is 0.467 e. The molecule has 0 bridgehead atoms. The fourth-order valence-corrected chi connectivity index (χ4v) is 1.92. The van der Waals surface area contributed by atoms with Crippen molar-refractivity contribution in [1.82, 2.24) is 5.32 Å². The monoisotopic (exact) mass is 394 g/mol. The van der Waals surface area contributed by atoms with Crippen molar-refractivity contribution in [3.63, 3.8) is 0 Å². The lowest BCUT2D eigenvalue weighted by atomic mass is 9.92. The summed E-state index contributed by atoms with van der Waals surface area (Å²) in [6.07, 6.45) is 6.12. The number of amides is 1. The molecule has 0 saturated carbocycles. The Bertz CT molecular complexity index is 552. The van der Waals surface area contributed by atoms with E-state index in [0.29, 0.717) is 5.57 Å². The van der Waals surface area contributed by atoms with Gasteiger partial charge in [-0.2, -0.15) is 5.26 Å². The van der Waals surface area contributed by atoms with Crippen LogP contribution in [-0.4, -0.2) is 30.8 Å². The molecule has 160 valence electrons. The predicted octanol–water partition coefficient (Wildman–Crippen LogP) is 5.32. The molecule has 1 N–H and O–H groups in total. The first kappa shape index (κ1) is 30.2. The molecule has 0 aliphatic heterocycles. The number of nitriles is 1. The van der Waals surface area contributed by atoms with Crippen molar-refractivity contribution in [2.75, 3.05) is 7.11 Å². The molecule has 1 amide bonds. The zero-order valence-corrected chi connectivity index (χ0v) is 19.0. The van der Waals surface area contributed by atoms with E-state index in [-0.39, 0.29) is 6.42 Å². The third-order valence-corrected chi connectivity index (χ3v) is 2.88. The quantitative estimate of drug-likeness (QED) is 0.466. The predicted molar refractivity (Wildman–Crippen MR) is 115 cm³/mol. The summed E-state index contributed by atoms with van der Waals surface area (Å²) in [4.78, 5) is 23.9. The fraction of sp³-hybridized carbons (Fsp3) is 0.591. The summed E-state index contributed by atoms with van der Waals surface area (Å²) in [6, 6.07) is 1.14. The zero-order valence-electron chi connectivity index (χ0n) is 19.0. The first-order chi connectivity index (χ1) is 13.2. The van der Waals surface area contributed by atoms with Gasteiger partial charge in [-0.15, -0.1) is 0 Å². The number of hydrogen-bond donors (Lipinski definition) is 1. The molecule has 0 aliphatic rings. The van der Waals surface area contributed by atoms with E-state index in [0.717, 1.165) is 0 Å². The van der Waals surface area contributed by atoms with Gasteiger partial charge in [-0.3, -0.25) is 0 Å². The van der Waals surface area contributed by atoms with Crippen LogP contribution in [0.3, 0.4) is 0 Å². The van der Waals surface area contributed by atoms with Gasteiger partial charge in [0.1, 0.15) is 11.6 Å². The number of nitrogens with one attached hydrogen (secondary N) is 1. The van der Waals surface area contributed by atoms with Crippen molar-refractivity contribution in [2.24, 2.45) is 5.92 Å². The standard InChI is InChI=1S/C18H26N2O4.2C2H6/c1-7-9-13(10-8-2)14(12-19)11-15(16(21)23-6)20-17(22)24-18(3,4)5;2*1-2/h7-10,14-15H,1,11H2,2-6H3,(H,20,22);2*1-2H3/b10-8-,13-9+;;. The third kappa shape index (κ3) is 14.6. The van der Waals surface area contributed by atoms with Crippen LogP contribution in [0.1, 0.15) is 61.8 Å². The molecule has 6 heteroatoms. The van der Waals surface area contributed by atoms with E-state index in [1.165, 1.54) is 7.11 Å². The summed E-state index contributed by atoms with van der Waals surface area (Å²) in [5.41, 5.74) is -0.00648. The minimum absolute atomic E-state index is 0.0619. The van der Waals surface area contributed by atoms with Gasteiger partial charge in [0, 0.05) is 0 Å². The molecule has 0 aliphatic carbocycles. The van der Waals surface area contributed by atoms with Gasteiger partial charge in [0.05, 0.1) is 19.1 Å². The lowest BCUT2D eigenvalue weighted by Gasteiger charge is -2.23. The van der Waals surface area contributed by atoms with Gasteiger partial charge in [-0.05, 0) is 39.7 Å². The van der Waals surface area contributed by atoms with Crippen LogP contribution in [0.5, 0.6) is 0 Å². The maximum atomic E-state index is 11.9. The van der Waals surface area contributed by atoms with Crippen molar-refractivity contribution < 1.29 is 19.1 Å². The topological polar surface area (TPSA) is 88.4 Å². The van der Waals surface area contributed by atoms with Crippen LogP contribution in [0.2, 0.25) is 0 Å². The number of allylic oxidation sites excluding steroid dienone is 5. The molecular formula is C22H38N2O4. The van der Waals surface area contributed by atoms with Crippen molar-refractivity contribution in [3.05, 3.63) is 36.5 Å². The van der Waals surface area contributed by atoms with E-state index < -0.39 is 29.6 Å². The first-order valence-corrected chi connectivity index (χ1v) is 9.60. The molecule has 28 heavy (non-hydrogen) atoms. The second-order valence-electron chi connectivity index (χ2n) is 6.04. The molecule has 0 spiro atoms. The summed E-state index contributed by atoms with van der Waals surface area (Å²) in [5, 5.41) is 11.9. The molecule has 0 rings (SSSR count). The van der Waals surface area contributed by atoms with Crippen molar-refractivity contribution in [1.29, 1.82) is 5.26 Å². The highest BCUT2D eigenvalue weighted by atomic mass is 16.6. The first-order valence-electron chi connectivity index (χ1n) is 9.60. The Morgan fingerprint density at radius 3 is 2.11 bits per heavy atom. The molecular weight excluding hydrogens is 356 g/mol. The Morgan fingerprint density at radius 2 is 1.75 bits per heavy atom.